The number of imidazole rings is 1. The van der Waals surface area contributed by atoms with Crippen LogP contribution in [-0.4, -0.2) is 23.7 Å². The molecule has 4 heterocycles. The van der Waals surface area contributed by atoms with Crippen LogP contribution in [0.3, 0.4) is 0 Å². The van der Waals surface area contributed by atoms with Gasteiger partial charge in [0.1, 0.15) is 5.69 Å². The molecule has 0 radical (unpaired) electrons. The largest absolute Gasteiger partial charge is 0.307 e. The highest BCUT2D eigenvalue weighted by molar-refractivity contribution is 6.25. The van der Waals surface area contributed by atoms with Crippen molar-refractivity contribution in [1.29, 1.82) is 0 Å². The Bertz CT molecular complexity index is 3460. The lowest BCUT2D eigenvalue weighted by Crippen LogP contribution is -2.01. The molecule has 0 saturated heterocycles. The summed E-state index contributed by atoms with van der Waals surface area (Å²) in [4.78, 5) is 10.2. The van der Waals surface area contributed by atoms with Gasteiger partial charge in [0.25, 0.3) is 0 Å². The van der Waals surface area contributed by atoms with Gasteiger partial charge < -0.3 is 9.13 Å². The van der Waals surface area contributed by atoms with Gasteiger partial charge in [-0.1, -0.05) is 121 Å². The van der Waals surface area contributed by atoms with Gasteiger partial charge >= 0.3 is 0 Å². The highest BCUT2D eigenvalue weighted by Crippen LogP contribution is 2.43. The average molecular weight is 702 g/mol. The van der Waals surface area contributed by atoms with Crippen LogP contribution in [0.25, 0.3) is 105 Å². The van der Waals surface area contributed by atoms with E-state index in [4.69, 9.17) is 9.97 Å². The first kappa shape index (κ1) is 30.0. The number of para-hydroxylation sites is 3. The molecule has 8 aromatic carbocycles. The fourth-order valence-corrected chi connectivity index (χ4v) is 8.99. The van der Waals surface area contributed by atoms with Crippen molar-refractivity contribution in [3.05, 3.63) is 188 Å². The first-order chi connectivity index (χ1) is 27.3. The van der Waals surface area contributed by atoms with Crippen LogP contribution >= 0.6 is 0 Å². The molecule has 55 heavy (non-hydrogen) atoms. The Hall–Kier alpha value is -7.50. The van der Waals surface area contributed by atoms with E-state index in [0.29, 0.717) is 0 Å². The number of fused-ring (bicyclic) bond motifs is 13. The molecular formula is C50H31N5. The van der Waals surface area contributed by atoms with Crippen LogP contribution in [0.15, 0.2) is 188 Å². The maximum atomic E-state index is 5.38. The van der Waals surface area contributed by atoms with E-state index in [9.17, 15) is 0 Å². The van der Waals surface area contributed by atoms with E-state index in [2.05, 4.69) is 177 Å². The summed E-state index contributed by atoms with van der Waals surface area (Å²) in [5.41, 5.74) is 10.9. The minimum Gasteiger partial charge on any atom is -0.307 e. The zero-order chi connectivity index (χ0) is 36.0. The van der Waals surface area contributed by atoms with Gasteiger partial charge in [0.2, 0.25) is 0 Å². The molecule has 0 aliphatic heterocycles. The molecule has 0 spiro atoms. The van der Waals surface area contributed by atoms with Gasteiger partial charge in [0, 0.05) is 55.6 Å². The molecule has 0 saturated carbocycles. The summed E-state index contributed by atoms with van der Waals surface area (Å²) in [5, 5.41) is 9.62. The maximum absolute atomic E-state index is 5.38. The third-order valence-electron chi connectivity index (χ3n) is 11.3. The van der Waals surface area contributed by atoms with E-state index in [-0.39, 0.29) is 0 Å². The lowest BCUT2D eigenvalue weighted by molar-refractivity contribution is 1.08. The van der Waals surface area contributed by atoms with Crippen LogP contribution < -0.4 is 0 Å². The van der Waals surface area contributed by atoms with Crippen LogP contribution in [0.5, 0.6) is 0 Å². The fourth-order valence-electron chi connectivity index (χ4n) is 8.99. The maximum Gasteiger partial charge on any atom is 0.164 e. The van der Waals surface area contributed by atoms with Crippen molar-refractivity contribution in [2.24, 2.45) is 0 Å². The zero-order valence-corrected chi connectivity index (χ0v) is 29.6. The molecule has 0 bridgehead atoms. The lowest BCUT2D eigenvalue weighted by Gasteiger charge is -2.15. The minimum atomic E-state index is 0.816. The predicted molar refractivity (Wildman–Crippen MR) is 228 cm³/mol. The summed E-state index contributed by atoms with van der Waals surface area (Å²) in [5.74, 6) is 0.816. The number of aromatic nitrogens is 5. The molecule has 12 aromatic rings. The third-order valence-corrected chi connectivity index (χ3v) is 11.3. The molecule has 0 amide bonds. The molecular weight excluding hydrogens is 671 g/mol. The van der Waals surface area contributed by atoms with E-state index < -0.39 is 0 Å². The Balaban J connectivity index is 1.16. The quantitative estimate of drug-likeness (QED) is 0.171. The molecule has 0 aliphatic rings. The Morgan fingerprint density at radius 1 is 0.309 bits per heavy atom. The summed E-state index contributed by atoms with van der Waals surface area (Å²) in [6.45, 7) is 0. The number of hydrogen-bond donors (Lipinski definition) is 0. The van der Waals surface area contributed by atoms with Crippen molar-refractivity contribution in [2.45, 2.75) is 0 Å². The normalized spacial score (nSPS) is 12.0. The molecule has 4 aromatic heterocycles. The molecule has 0 fully saturated rings. The van der Waals surface area contributed by atoms with Crippen LogP contribution in [0.4, 0.5) is 0 Å². The van der Waals surface area contributed by atoms with Gasteiger partial charge in [0.05, 0.1) is 33.1 Å². The molecule has 5 heteroatoms. The average Bonchev–Trinajstić information content (AvgIpc) is 3.93. The second kappa shape index (κ2) is 11.5. The van der Waals surface area contributed by atoms with Gasteiger partial charge in [-0.15, -0.1) is 0 Å². The van der Waals surface area contributed by atoms with Crippen LogP contribution in [-0.2, 0) is 0 Å². The van der Waals surface area contributed by atoms with Crippen LogP contribution in [0, 0.1) is 0 Å². The second-order valence-corrected chi connectivity index (χ2v) is 14.2. The van der Waals surface area contributed by atoms with Gasteiger partial charge in [-0.05, 0) is 71.4 Å². The van der Waals surface area contributed by atoms with E-state index in [1.807, 2.05) is 24.4 Å². The first-order valence-corrected chi connectivity index (χ1v) is 18.7. The van der Waals surface area contributed by atoms with Gasteiger partial charge in [0.15, 0.2) is 5.82 Å². The van der Waals surface area contributed by atoms with Gasteiger partial charge in [-0.25, -0.2) is 4.98 Å². The molecule has 12 rings (SSSR count). The fraction of sp³-hybridized carbons (Fsp3) is 0. The Labute approximate surface area is 315 Å². The summed E-state index contributed by atoms with van der Waals surface area (Å²) >= 11 is 0. The van der Waals surface area contributed by atoms with Gasteiger partial charge in [-0.2, -0.15) is 0 Å². The standard InChI is InChI=1S/C50H31N5/c1-2-14-32(15-3-1)53-44-23-10-8-18-37(44)41-29-30-42-38-19-9-11-24-45(38)54(49(42)48(41)53)33-25-27-34(28-26-33)55-47-40-21-7-5-17-36(40)35-16-4-6-20-39(35)46(47)52-50(55)43-22-12-13-31-51-43/h1-31H. The van der Waals surface area contributed by atoms with E-state index >= 15 is 0 Å². The smallest absolute Gasteiger partial charge is 0.164 e. The van der Waals surface area contributed by atoms with Crippen molar-refractivity contribution in [3.8, 4) is 28.6 Å². The van der Waals surface area contributed by atoms with E-state index in [1.54, 1.807) is 0 Å². The number of pyridine rings is 1. The molecule has 0 aliphatic carbocycles. The Morgan fingerprint density at radius 2 is 0.764 bits per heavy atom. The summed E-state index contributed by atoms with van der Waals surface area (Å²) in [6.07, 6.45) is 1.84. The summed E-state index contributed by atoms with van der Waals surface area (Å²) in [6, 6.07) is 65.1. The highest BCUT2D eigenvalue weighted by Gasteiger charge is 2.23. The second-order valence-electron chi connectivity index (χ2n) is 14.2. The molecule has 0 N–H and O–H groups in total. The van der Waals surface area contributed by atoms with Crippen molar-refractivity contribution in [2.75, 3.05) is 0 Å². The summed E-state index contributed by atoms with van der Waals surface area (Å²) in [7, 11) is 0. The zero-order valence-electron chi connectivity index (χ0n) is 29.6. The Morgan fingerprint density at radius 3 is 1.36 bits per heavy atom. The highest BCUT2D eigenvalue weighted by atomic mass is 15.1. The van der Waals surface area contributed by atoms with Crippen molar-refractivity contribution in [3.63, 3.8) is 0 Å². The summed E-state index contributed by atoms with van der Waals surface area (Å²) < 4.78 is 7.18. The number of rotatable bonds is 4. The molecule has 0 atom stereocenters. The van der Waals surface area contributed by atoms with Crippen molar-refractivity contribution in [1.82, 2.24) is 23.7 Å². The lowest BCUT2D eigenvalue weighted by atomic mass is 10.00. The minimum absolute atomic E-state index is 0.816. The molecule has 0 unspecified atom stereocenters. The van der Waals surface area contributed by atoms with Crippen LogP contribution in [0.2, 0.25) is 0 Å². The number of hydrogen-bond acceptors (Lipinski definition) is 2. The van der Waals surface area contributed by atoms with Gasteiger partial charge in [-0.3, -0.25) is 9.55 Å². The number of benzene rings is 8. The molecule has 256 valence electrons. The van der Waals surface area contributed by atoms with Crippen molar-refractivity contribution < 1.29 is 0 Å². The predicted octanol–water partition coefficient (Wildman–Crippen LogP) is 12.6. The monoisotopic (exact) mass is 701 g/mol. The van der Waals surface area contributed by atoms with E-state index in [1.165, 1.54) is 54.4 Å². The van der Waals surface area contributed by atoms with Crippen LogP contribution in [0.1, 0.15) is 0 Å². The van der Waals surface area contributed by atoms with Crippen molar-refractivity contribution >= 4 is 76.2 Å². The topological polar surface area (TPSA) is 40.6 Å². The van der Waals surface area contributed by atoms with E-state index in [0.717, 1.165) is 50.4 Å². The SMILES string of the molecule is c1ccc(-n2c3ccccc3c3ccc4c5ccccc5n(-c5ccc(-n6c(-c7ccccn7)nc7c8ccccc8c8ccccc8c76)cc5)c4c32)cc1. The number of nitrogens with zero attached hydrogens (tertiary/aromatic N) is 5. The third kappa shape index (κ3) is 4.23. The first-order valence-electron chi connectivity index (χ1n) is 18.7. The Kier molecular flexibility index (Phi) is 6.27. The molecule has 5 nitrogen and oxygen atoms in total.